The molecule has 0 aromatic heterocycles. The van der Waals surface area contributed by atoms with Gasteiger partial charge in [0, 0.05) is 12.1 Å². The van der Waals surface area contributed by atoms with Crippen LogP contribution in [0.4, 0.5) is 5.69 Å². The molecule has 1 amide bonds. The first-order valence-electron chi connectivity index (χ1n) is 10.8. The summed E-state index contributed by atoms with van der Waals surface area (Å²) in [6.45, 7) is 0.597. The Hall–Kier alpha value is -3.90. The zero-order valence-electron chi connectivity index (χ0n) is 17.9. The predicted octanol–water partition coefficient (Wildman–Crippen LogP) is 3.86. The van der Waals surface area contributed by atoms with E-state index in [1.807, 2.05) is 48.5 Å². The third kappa shape index (κ3) is 4.01. The summed E-state index contributed by atoms with van der Waals surface area (Å²) in [4.78, 5) is 27.7. The zero-order valence-corrected chi connectivity index (χ0v) is 17.9. The Morgan fingerprint density at radius 1 is 1.00 bits per heavy atom. The fraction of sp³-hybridized carbons (Fsp3) is 0.185. The van der Waals surface area contributed by atoms with E-state index in [0.717, 1.165) is 11.1 Å². The maximum absolute atomic E-state index is 13.3. The van der Waals surface area contributed by atoms with E-state index < -0.39 is 11.5 Å². The molecule has 0 aliphatic carbocycles. The van der Waals surface area contributed by atoms with Gasteiger partial charge in [0.25, 0.3) is 5.91 Å². The largest absolute Gasteiger partial charge is 0.454 e. The molecule has 1 atom stereocenters. The minimum atomic E-state index is -1.89. The van der Waals surface area contributed by atoms with Gasteiger partial charge in [-0.05, 0) is 41.8 Å². The molecule has 33 heavy (non-hydrogen) atoms. The lowest BCUT2D eigenvalue weighted by molar-refractivity contribution is -0.140. The Balaban J connectivity index is 1.33. The summed E-state index contributed by atoms with van der Waals surface area (Å²) >= 11 is 0. The average Bonchev–Trinajstić information content (AvgIpc) is 3.38. The van der Waals surface area contributed by atoms with Crippen LogP contribution in [0, 0.1) is 0 Å². The van der Waals surface area contributed by atoms with Gasteiger partial charge in [-0.1, -0.05) is 60.7 Å². The lowest BCUT2D eigenvalue weighted by Crippen LogP contribution is -2.42. The summed E-state index contributed by atoms with van der Waals surface area (Å²) in [5.74, 6) is 0.474. The van der Waals surface area contributed by atoms with Gasteiger partial charge in [-0.15, -0.1) is 0 Å². The molecular formula is C27H23NO5. The van der Waals surface area contributed by atoms with Crippen LogP contribution in [0.5, 0.6) is 11.5 Å². The number of ether oxygens (including phenoxy) is 2. The van der Waals surface area contributed by atoms with Crippen molar-refractivity contribution < 1.29 is 24.2 Å². The number of allylic oxidation sites excluding steroid dienone is 1. The van der Waals surface area contributed by atoms with E-state index in [1.165, 1.54) is 6.08 Å². The van der Waals surface area contributed by atoms with Crippen molar-refractivity contribution in [1.29, 1.82) is 0 Å². The third-order valence-electron chi connectivity index (χ3n) is 5.99. The van der Waals surface area contributed by atoms with Gasteiger partial charge in [0.1, 0.15) is 0 Å². The van der Waals surface area contributed by atoms with E-state index in [-0.39, 0.29) is 19.0 Å². The summed E-state index contributed by atoms with van der Waals surface area (Å²) in [7, 11) is 0. The number of para-hydroxylation sites is 1. The number of carbonyl (C=O) groups is 2. The number of anilines is 1. The van der Waals surface area contributed by atoms with Gasteiger partial charge < -0.3 is 19.5 Å². The molecule has 3 aromatic carbocycles. The summed E-state index contributed by atoms with van der Waals surface area (Å²) in [5.41, 5.74) is 1.09. The second-order valence-corrected chi connectivity index (χ2v) is 8.16. The Bertz CT molecular complexity index is 1240. The smallest absolute Gasteiger partial charge is 0.264 e. The Morgan fingerprint density at radius 2 is 1.76 bits per heavy atom. The number of hydrogen-bond acceptors (Lipinski definition) is 5. The van der Waals surface area contributed by atoms with Gasteiger partial charge in [-0.25, -0.2) is 0 Å². The standard InChI is InChI=1S/C27H23NO5/c29-21(12-10-20-11-13-24-25(16-20)33-18-32-24)17-27(31)22-8-4-5-9-23(22)28(26(27)30)15-14-19-6-2-1-3-7-19/h1-13,16,31H,14-15,17-18H2/b12-10+/t27-/m0/s1. The summed E-state index contributed by atoms with van der Waals surface area (Å²) in [6, 6.07) is 22.4. The lowest BCUT2D eigenvalue weighted by atomic mass is 9.89. The number of ketones is 1. The molecule has 6 heteroatoms. The Morgan fingerprint density at radius 3 is 2.61 bits per heavy atom. The Kier molecular flexibility index (Phi) is 5.44. The van der Waals surface area contributed by atoms with Crippen LogP contribution in [-0.4, -0.2) is 30.1 Å². The molecular weight excluding hydrogens is 418 g/mol. The first-order chi connectivity index (χ1) is 16.0. The molecule has 0 bridgehead atoms. The second-order valence-electron chi connectivity index (χ2n) is 8.16. The second kappa shape index (κ2) is 8.56. The minimum Gasteiger partial charge on any atom is -0.454 e. The molecule has 5 rings (SSSR count). The van der Waals surface area contributed by atoms with Gasteiger partial charge in [-0.3, -0.25) is 9.59 Å². The number of benzene rings is 3. The van der Waals surface area contributed by atoms with Gasteiger partial charge in [0.2, 0.25) is 6.79 Å². The summed E-state index contributed by atoms with van der Waals surface area (Å²) < 4.78 is 10.7. The van der Waals surface area contributed by atoms with E-state index in [9.17, 15) is 14.7 Å². The highest BCUT2D eigenvalue weighted by Gasteiger charge is 2.50. The number of hydrogen-bond donors (Lipinski definition) is 1. The lowest BCUT2D eigenvalue weighted by Gasteiger charge is -2.22. The van der Waals surface area contributed by atoms with Gasteiger partial charge in [-0.2, -0.15) is 0 Å². The molecule has 2 aliphatic rings. The molecule has 3 aromatic rings. The minimum absolute atomic E-state index is 0.177. The molecule has 1 N–H and O–H groups in total. The van der Waals surface area contributed by atoms with Crippen molar-refractivity contribution in [2.24, 2.45) is 0 Å². The first kappa shape index (κ1) is 21.0. The highest BCUT2D eigenvalue weighted by Crippen LogP contribution is 2.42. The summed E-state index contributed by atoms with van der Waals surface area (Å²) in [5, 5.41) is 11.4. The Labute approximate surface area is 191 Å². The fourth-order valence-electron chi connectivity index (χ4n) is 4.30. The molecule has 2 heterocycles. The fourth-order valence-corrected chi connectivity index (χ4v) is 4.30. The van der Waals surface area contributed by atoms with Crippen LogP contribution in [0.25, 0.3) is 6.08 Å². The van der Waals surface area contributed by atoms with Crippen molar-refractivity contribution in [3.63, 3.8) is 0 Å². The van der Waals surface area contributed by atoms with E-state index in [2.05, 4.69) is 0 Å². The van der Waals surface area contributed by atoms with Crippen LogP contribution >= 0.6 is 0 Å². The maximum atomic E-state index is 13.3. The number of rotatable bonds is 7. The van der Waals surface area contributed by atoms with Crippen molar-refractivity contribution >= 4 is 23.5 Å². The van der Waals surface area contributed by atoms with Crippen molar-refractivity contribution in [3.8, 4) is 11.5 Å². The van der Waals surface area contributed by atoms with Crippen LogP contribution in [0.1, 0.15) is 23.1 Å². The van der Waals surface area contributed by atoms with Gasteiger partial charge in [0.05, 0.1) is 12.1 Å². The van der Waals surface area contributed by atoms with Crippen molar-refractivity contribution in [1.82, 2.24) is 0 Å². The van der Waals surface area contributed by atoms with Gasteiger partial charge >= 0.3 is 0 Å². The van der Waals surface area contributed by atoms with Crippen molar-refractivity contribution in [2.75, 3.05) is 18.2 Å². The van der Waals surface area contributed by atoms with Crippen LogP contribution in [-0.2, 0) is 21.6 Å². The topological polar surface area (TPSA) is 76.1 Å². The van der Waals surface area contributed by atoms with E-state index >= 15 is 0 Å². The van der Waals surface area contributed by atoms with Gasteiger partial charge in [0.15, 0.2) is 22.9 Å². The van der Waals surface area contributed by atoms with E-state index in [4.69, 9.17) is 9.47 Å². The number of carbonyl (C=O) groups excluding carboxylic acids is 2. The van der Waals surface area contributed by atoms with E-state index in [0.29, 0.717) is 35.7 Å². The normalized spacial score (nSPS) is 18.7. The van der Waals surface area contributed by atoms with Crippen LogP contribution in [0.15, 0.2) is 78.9 Å². The number of aliphatic hydroxyl groups is 1. The summed E-state index contributed by atoms with van der Waals surface area (Å²) in [6.07, 6.45) is 3.35. The number of nitrogens with zero attached hydrogens (tertiary/aromatic N) is 1. The van der Waals surface area contributed by atoms with E-state index in [1.54, 1.807) is 35.2 Å². The number of amides is 1. The maximum Gasteiger partial charge on any atom is 0.264 e. The number of fused-ring (bicyclic) bond motifs is 2. The molecule has 6 nitrogen and oxygen atoms in total. The molecule has 0 radical (unpaired) electrons. The first-order valence-corrected chi connectivity index (χ1v) is 10.8. The molecule has 0 saturated heterocycles. The molecule has 0 saturated carbocycles. The predicted molar refractivity (Wildman–Crippen MR) is 124 cm³/mol. The molecule has 2 aliphatic heterocycles. The monoisotopic (exact) mass is 441 g/mol. The van der Waals surface area contributed by atoms with Crippen LogP contribution in [0.2, 0.25) is 0 Å². The SMILES string of the molecule is O=C(/C=C/c1ccc2c(c1)OCO2)C[C@@]1(O)C(=O)N(CCc2ccccc2)c2ccccc21. The third-order valence-corrected chi connectivity index (χ3v) is 5.99. The highest BCUT2D eigenvalue weighted by atomic mass is 16.7. The molecule has 0 spiro atoms. The van der Waals surface area contributed by atoms with Crippen LogP contribution < -0.4 is 14.4 Å². The van der Waals surface area contributed by atoms with Crippen molar-refractivity contribution in [2.45, 2.75) is 18.4 Å². The molecule has 0 unspecified atom stereocenters. The average molecular weight is 441 g/mol. The molecule has 166 valence electrons. The zero-order chi connectivity index (χ0) is 22.8. The van der Waals surface area contributed by atoms with Crippen LogP contribution in [0.3, 0.4) is 0 Å². The molecule has 0 fully saturated rings. The van der Waals surface area contributed by atoms with Crippen molar-refractivity contribution in [3.05, 3.63) is 95.6 Å². The quantitative estimate of drug-likeness (QED) is 0.564. The highest BCUT2D eigenvalue weighted by molar-refractivity contribution is 6.10.